The fraction of sp³-hybridized carbons (Fsp3) is 0.250. The van der Waals surface area contributed by atoms with Crippen molar-refractivity contribution in [3.63, 3.8) is 0 Å². The molecular formula is C20H23ClN8O2. The number of primary amides is 1. The van der Waals surface area contributed by atoms with E-state index in [1.165, 1.54) is 4.52 Å². The van der Waals surface area contributed by atoms with E-state index < -0.39 is 5.91 Å². The topological polar surface area (TPSA) is 160 Å². The van der Waals surface area contributed by atoms with Crippen LogP contribution >= 0.6 is 11.6 Å². The second kappa shape index (κ2) is 9.54. The summed E-state index contributed by atoms with van der Waals surface area (Å²) in [6.45, 7) is 3.12. The lowest BCUT2D eigenvalue weighted by molar-refractivity contribution is 0.100. The molecule has 11 heteroatoms. The lowest BCUT2D eigenvalue weighted by atomic mass is 10.2. The minimum atomic E-state index is -0.619. The van der Waals surface area contributed by atoms with Crippen LogP contribution in [-0.4, -0.2) is 36.6 Å². The van der Waals surface area contributed by atoms with Gasteiger partial charge in [-0.1, -0.05) is 24.6 Å². The largest absolute Gasteiger partial charge is 0.381 e. The molecule has 0 unspecified atom stereocenters. The van der Waals surface area contributed by atoms with Gasteiger partial charge in [0.05, 0.1) is 15.9 Å². The van der Waals surface area contributed by atoms with E-state index in [-0.39, 0.29) is 16.9 Å². The maximum Gasteiger partial charge on any atom is 0.262 e. The molecule has 0 atom stereocenters. The molecule has 0 fully saturated rings. The average molecular weight is 443 g/mol. The summed E-state index contributed by atoms with van der Waals surface area (Å²) in [5, 5.41) is 4.81. The molecule has 6 N–H and O–H groups in total. The summed E-state index contributed by atoms with van der Waals surface area (Å²) < 4.78 is 3.09. The van der Waals surface area contributed by atoms with Crippen LogP contribution < -0.4 is 22.8 Å². The minimum absolute atomic E-state index is 0.0732. The number of hydrogen-bond acceptors (Lipinski definition) is 7. The fourth-order valence-electron chi connectivity index (χ4n) is 3.16. The Kier molecular flexibility index (Phi) is 6.83. The quantitative estimate of drug-likeness (QED) is 0.420. The Hall–Kier alpha value is -3.50. The Labute approximate surface area is 182 Å². The van der Waals surface area contributed by atoms with Gasteiger partial charge in [-0.05, 0) is 31.2 Å². The number of fused-ring (bicyclic) bond motifs is 2. The van der Waals surface area contributed by atoms with Gasteiger partial charge < -0.3 is 17.2 Å². The molecule has 1 aromatic carbocycles. The summed E-state index contributed by atoms with van der Waals surface area (Å²) in [6.07, 6.45) is 4.65. The number of hydrogen-bond donors (Lipinski definition) is 3. The SMILES string of the molecule is CCc1nc2cccc(Cl)c2c(=O)n1CCCN.NC(=O)c1c(N)nn2cccnc12. The maximum absolute atomic E-state index is 12.4. The van der Waals surface area contributed by atoms with Crippen LogP contribution in [0.5, 0.6) is 0 Å². The van der Waals surface area contributed by atoms with Gasteiger partial charge in [-0.15, -0.1) is 5.10 Å². The van der Waals surface area contributed by atoms with Crippen molar-refractivity contribution >= 4 is 39.9 Å². The molecule has 0 radical (unpaired) electrons. The van der Waals surface area contributed by atoms with E-state index >= 15 is 0 Å². The van der Waals surface area contributed by atoms with Crippen LogP contribution in [0, 0.1) is 0 Å². The summed E-state index contributed by atoms with van der Waals surface area (Å²) in [5.74, 6) is 0.264. The molecule has 10 nitrogen and oxygen atoms in total. The van der Waals surface area contributed by atoms with Crippen LogP contribution in [-0.2, 0) is 13.0 Å². The first-order valence-electron chi connectivity index (χ1n) is 9.65. The van der Waals surface area contributed by atoms with Gasteiger partial charge in [-0.3, -0.25) is 14.2 Å². The van der Waals surface area contributed by atoms with Crippen LogP contribution in [0.2, 0.25) is 5.02 Å². The summed E-state index contributed by atoms with van der Waals surface area (Å²) in [7, 11) is 0. The van der Waals surface area contributed by atoms with Crippen molar-refractivity contribution < 1.29 is 4.79 Å². The van der Waals surface area contributed by atoms with Gasteiger partial charge in [0.25, 0.3) is 11.5 Å². The minimum Gasteiger partial charge on any atom is -0.381 e. The molecule has 162 valence electrons. The Morgan fingerprint density at radius 1 is 1.26 bits per heavy atom. The van der Waals surface area contributed by atoms with E-state index in [0.29, 0.717) is 41.1 Å². The van der Waals surface area contributed by atoms with Crippen molar-refractivity contribution in [3.05, 3.63) is 63.4 Å². The molecule has 1 amide bonds. The molecule has 0 aliphatic heterocycles. The van der Waals surface area contributed by atoms with Crippen molar-refractivity contribution in [2.45, 2.75) is 26.3 Å². The molecule has 0 saturated heterocycles. The number of anilines is 1. The van der Waals surface area contributed by atoms with Gasteiger partial charge in [0, 0.05) is 25.4 Å². The lowest BCUT2D eigenvalue weighted by Gasteiger charge is -2.12. The zero-order valence-corrected chi connectivity index (χ0v) is 17.7. The number of carbonyl (C=O) groups is 1. The molecule has 4 aromatic rings. The Balaban J connectivity index is 0.000000185. The number of aryl methyl sites for hydroxylation is 1. The van der Waals surface area contributed by atoms with E-state index in [1.807, 2.05) is 13.0 Å². The van der Waals surface area contributed by atoms with Crippen molar-refractivity contribution in [3.8, 4) is 0 Å². The first kappa shape index (κ1) is 22.2. The summed E-state index contributed by atoms with van der Waals surface area (Å²) in [5.41, 5.74) is 17.2. The normalized spacial score (nSPS) is 10.8. The highest BCUT2D eigenvalue weighted by Gasteiger charge is 2.15. The first-order valence-corrected chi connectivity index (χ1v) is 10.0. The molecule has 31 heavy (non-hydrogen) atoms. The smallest absolute Gasteiger partial charge is 0.262 e. The monoisotopic (exact) mass is 442 g/mol. The van der Waals surface area contributed by atoms with Crippen LogP contribution in [0.15, 0.2) is 41.5 Å². The second-order valence-electron chi connectivity index (χ2n) is 6.63. The fourth-order valence-corrected chi connectivity index (χ4v) is 3.41. The van der Waals surface area contributed by atoms with Crippen LogP contribution in [0.4, 0.5) is 5.82 Å². The summed E-state index contributed by atoms with van der Waals surface area (Å²) in [6, 6.07) is 7.02. The first-order chi connectivity index (χ1) is 14.9. The number of rotatable bonds is 5. The predicted molar refractivity (Wildman–Crippen MR) is 120 cm³/mol. The van der Waals surface area contributed by atoms with E-state index in [0.717, 1.165) is 12.2 Å². The summed E-state index contributed by atoms with van der Waals surface area (Å²) >= 11 is 6.09. The highest BCUT2D eigenvalue weighted by Crippen LogP contribution is 2.19. The standard InChI is InChI=1S/C13H16ClN3O.C7H7N5O/c1-2-11-16-10-6-3-5-9(14)12(10)13(18)17(11)8-4-7-15;8-5-4(6(9)13)7-10-2-1-3-12(7)11-5/h3,5-6H,2,4,7-8,15H2,1H3;1-3H,(H2,8,11)(H2,9,13). The highest BCUT2D eigenvalue weighted by molar-refractivity contribution is 6.35. The number of nitrogen functional groups attached to an aromatic ring is 1. The Morgan fingerprint density at radius 3 is 2.71 bits per heavy atom. The predicted octanol–water partition coefficient (Wildman–Crippen LogP) is 1.37. The second-order valence-corrected chi connectivity index (χ2v) is 7.03. The van der Waals surface area contributed by atoms with E-state index in [4.69, 9.17) is 28.8 Å². The highest BCUT2D eigenvalue weighted by atomic mass is 35.5. The molecule has 0 aliphatic rings. The van der Waals surface area contributed by atoms with Gasteiger partial charge in [0.1, 0.15) is 11.4 Å². The number of halogens is 1. The number of benzene rings is 1. The maximum atomic E-state index is 12.4. The van der Waals surface area contributed by atoms with Crippen molar-refractivity contribution in [2.24, 2.45) is 11.5 Å². The van der Waals surface area contributed by atoms with E-state index in [1.54, 1.807) is 35.2 Å². The van der Waals surface area contributed by atoms with Gasteiger partial charge in [-0.2, -0.15) is 0 Å². The number of aromatic nitrogens is 5. The molecular weight excluding hydrogens is 420 g/mol. The average Bonchev–Trinajstić information content (AvgIpc) is 3.09. The number of carbonyl (C=O) groups excluding carboxylic acids is 1. The molecule has 0 saturated carbocycles. The zero-order chi connectivity index (χ0) is 22.5. The molecule has 0 spiro atoms. The third kappa shape index (κ3) is 4.49. The van der Waals surface area contributed by atoms with Crippen LogP contribution in [0.1, 0.15) is 29.5 Å². The number of nitrogens with two attached hydrogens (primary N) is 3. The molecule has 0 bridgehead atoms. The van der Waals surface area contributed by atoms with Crippen LogP contribution in [0.3, 0.4) is 0 Å². The van der Waals surface area contributed by atoms with Crippen molar-refractivity contribution in [1.82, 2.24) is 24.1 Å². The molecule has 3 heterocycles. The van der Waals surface area contributed by atoms with Gasteiger partial charge in [0.2, 0.25) is 0 Å². The van der Waals surface area contributed by atoms with Crippen LogP contribution in [0.25, 0.3) is 16.6 Å². The van der Waals surface area contributed by atoms with E-state index in [9.17, 15) is 9.59 Å². The zero-order valence-electron chi connectivity index (χ0n) is 17.0. The molecule has 3 aromatic heterocycles. The third-order valence-corrected chi connectivity index (χ3v) is 4.90. The number of amides is 1. The molecule has 0 aliphatic carbocycles. The Morgan fingerprint density at radius 2 is 2.03 bits per heavy atom. The van der Waals surface area contributed by atoms with Gasteiger partial charge in [0.15, 0.2) is 11.5 Å². The Bertz CT molecular complexity index is 1300. The van der Waals surface area contributed by atoms with Gasteiger partial charge in [-0.25, -0.2) is 14.5 Å². The lowest BCUT2D eigenvalue weighted by Crippen LogP contribution is -2.26. The number of nitrogens with zero attached hydrogens (tertiary/aromatic N) is 5. The summed E-state index contributed by atoms with van der Waals surface area (Å²) in [4.78, 5) is 31.8. The van der Waals surface area contributed by atoms with E-state index in [2.05, 4.69) is 15.1 Å². The van der Waals surface area contributed by atoms with Crippen molar-refractivity contribution in [1.29, 1.82) is 0 Å². The van der Waals surface area contributed by atoms with Gasteiger partial charge >= 0.3 is 0 Å². The third-order valence-electron chi connectivity index (χ3n) is 4.58. The molecule has 4 rings (SSSR count). The van der Waals surface area contributed by atoms with Crippen molar-refractivity contribution in [2.75, 3.05) is 12.3 Å².